The number of carbonyl (C=O) groups is 1. The van der Waals surface area contributed by atoms with E-state index in [1.54, 1.807) is 0 Å². The second kappa shape index (κ2) is 3.44. The van der Waals surface area contributed by atoms with E-state index in [4.69, 9.17) is 5.11 Å². The Labute approximate surface area is 98.0 Å². The minimum atomic E-state index is -3.61. The van der Waals surface area contributed by atoms with Crippen LogP contribution in [0, 0.1) is 15.9 Å². The van der Waals surface area contributed by atoms with Crippen LogP contribution in [-0.2, 0) is 10.2 Å². The quantitative estimate of drug-likeness (QED) is 0.667. The number of rotatable bonds is 3. The summed E-state index contributed by atoms with van der Waals surface area (Å²) in [5.74, 6) is -6.52. The van der Waals surface area contributed by atoms with Crippen LogP contribution in [0.5, 0.6) is 0 Å². The first-order valence-electron chi connectivity index (χ1n) is 4.78. The van der Waals surface area contributed by atoms with Crippen LogP contribution in [0.15, 0.2) is 18.2 Å². The highest BCUT2D eigenvalue weighted by molar-refractivity contribution is 5.89. The summed E-state index contributed by atoms with van der Waals surface area (Å²) in [6.07, 6.45) is -1.07. The molecule has 0 spiro atoms. The van der Waals surface area contributed by atoms with E-state index in [-0.39, 0.29) is 0 Å². The number of hydrogen-bond acceptors (Lipinski definition) is 3. The number of nitro groups is 1. The predicted octanol–water partition coefficient (Wildman–Crippen LogP) is 2.10. The van der Waals surface area contributed by atoms with Crippen molar-refractivity contribution >= 4 is 11.7 Å². The zero-order valence-corrected chi connectivity index (χ0v) is 8.69. The van der Waals surface area contributed by atoms with Gasteiger partial charge in [-0.2, -0.15) is 0 Å². The van der Waals surface area contributed by atoms with Gasteiger partial charge in [0.2, 0.25) is 0 Å². The molecule has 5 nitrogen and oxygen atoms in total. The average Bonchev–Trinajstić information content (AvgIpc) is 2.82. The van der Waals surface area contributed by atoms with Crippen molar-refractivity contribution in [3.63, 3.8) is 0 Å². The van der Waals surface area contributed by atoms with Gasteiger partial charge in [-0.3, -0.25) is 14.9 Å². The number of nitro benzene ring substituents is 1. The summed E-state index contributed by atoms with van der Waals surface area (Å²) in [5.41, 5.74) is -4.32. The van der Waals surface area contributed by atoms with Gasteiger partial charge in [-0.15, -0.1) is 0 Å². The third kappa shape index (κ3) is 1.45. The molecule has 0 aliphatic heterocycles. The molecule has 1 N–H and O–H groups in total. The number of nitrogens with zero attached hydrogens (tertiary/aromatic N) is 1. The smallest absolute Gasteiger partial charge is 0.320 e. The van der Waals surface area contributed by atoms with Crippen molar-refractivity contribution in [1.29, 1.82) is 0 Å². The predicted molar refractivity (Wildman–Crippen MR) is 51.9 cm³/mol. The molecule has 1 saturated carbocycles. The highest BCUT2D eigenvalue weighted by Crippen LogP contribution is 2.63. The molecule has 1 aliphatic carbocycles. The van der Waals surface area contributed by atoms with Crippen LogP contribution >= 0.6 is 0 Å². The number of hydrogen-bond donors (Lipinski definition) is 1. The molecule has 0 heterocycles. The molecule has 0 saturated heterocycles. The summed E-state index contributed by atoms with van der Waals surface area (Å²) in [5, 5.41) is 19.6. The molecule has 1 atom stereocenters. The van der Waals surface area contributed by atoms with Crippen LogP contribution in [0.3, 0.4) is 0 Å². The first-order chi connectivity index (χ1) is 8.22. The fourth-order valence-electron chi connectivity index (χ4n) is 1.94. The highest BCUT2D eigenvalue weighted by atomic mass is 19.3. The van der Waals surface area contributed by atoms with Gasteiger partial charge in [0.25, 0.3) is 11.6 Å². The molecule has 0 radical (unpaired) electrons. The fraction of sp³-hybridized carbons (Fsp3) is 0.300. The third-order valence-electron chi connectivity index (χ3n) is 2.97. The Kier molecular flexibility index (Phi) is 2.36. The highest BCUT2D eigenvalue weighted by Gasteiger charge is 2.79. The summed E-state index contributed by atoms with van der Waals surface area (Å²) in [6, 6.07) is 1.88. The van der Waals surface area contributed by atoms with Crippen molar-refractivity contribution in [2.45, 2.75) is 17.8 Å². The van der Waals surface area contributed by atoms with Gasteiger partial charge in [0, 0.05) is 12.5 Å². The van der Waals surface area contributed by atoms with Gasteiger partial charge in [-0.25, -0.2) is 13.2 Å². The Hall–Kier alpha value is -2.12. The van der Waals surface area contributed by atoms with Gasteiger partial charge in [-0.1, -0.05) is 0 Å². The number of carboxylic acids is 1. The van der Waals surface area contributed by atoms with Gasteiger partial charge >= 0.3 is 5.97 Å². The third-order valence-corrected chi connectivity index (χ3v) is 2.97. The number of alkyl halides is 2. The average molecular weight is 261 g/mol. The van der Waals surface area contributed by atoms with Crippen molar-refractivity contribution in [2.75, 3.05) is 0 Å². The minimum absolute atomic E-state index is 0.479. The fourth-order valence-corrected chi connectivity index (χ4v) is 1.94. The summed E-state index contributed by atoms with van der Waals surface area (Å²) in [6.45, 7) is 0. The van der Waals surface area contributed by atoms with Gasteiger partial charge in [0.1, 0.15) is 5.82 Å². The molecule has 0 aromatic heterocycles. The maximum Gasteiger partial charge on any atom is 0.320 e. The Bertz CT molecular complexity index is 560. The summed E-state index contributed by atoms with van der Waals surface area (Å²) in [4.78, 5) is 20.6. The number of benzene rings is 1. The maximum absolute atomic E-state index is 13.2. The lowest BCUT2D eigenvalue weighted by Gasteiger charge is -2.11. The molecule has 0 bridgehead atoms. The van der Waals surface area contributed by atoms with Crippen LogP contribution in [0.25, 0.3) is 0 Å². The van der Waals surface area contributed by atoms with Crippen LogP contribution in [-0.4, -0.2) is 21.9 Å². The topological polar surface area (TPSA) is 80.4 Å². The minimum Gasteiger partial charge on any atom is -0.480 e. The molecule has 0 amide bonds. The SMILES string of the molecule is O=C(O)C1(c2cc(F)ccc2[N+](=O)[O-])CC1(F)F. The van der Waals surface area contributed by atoms with Crippen LogP contribution in [0.4, 0.5) is 18.9 Å². The first kappa shape index (κ1) is 12.3. The molecule has 1 fully saturated rings. The summed E-state index contributed by atoms with van der Waals surface area (Å²) < 4.78 is 39.5. The molecular weight excluding hydrogens is 255 g/mol. The molecule has 1 aromatic rings. The summed E-state index contributed by atoms with van der Waals surface area (Å²) >= 11 is 0. The molecule has 1 aromatic carbocycles. The Morgan fingerprint density at radius 2 is 2.00 bits per heavy atom. The van der Waals surface area contributed by atoms with E-state index in [1.165, 1.54) is 0 Å². The van der Waals surface area contributed by atoms with Gasteiger partial charge in [0.05, 0.1) is 10.5 Å². The van der Waals surface area contributed by atoms with Gasteiger partial charge in [0.15, 0.2) is 5.41 Å². The van der Waals surface area contributed by atoms with E-state index < -0.39 is 45.7 Å². The van der Waals surface area contributed by atoms with Gasteiger partial charge in [-0.05, 0) is 12.1 Å². The lowest BCUT2D eigenvalue weighted by molar-refractivity contribution is -0.386. The molecular formula is C10H6F3NO4. The Balaban J connectivity index is 2.67. The number of aliphatic carboxylic acids is 1. The normalized spacial score (nSPS) is 24.6. The second-order valence-electron chi connectivity index (χ2n) is 4.01. The molecule has 8 heteroatoms. The van der Waals surface area contributed by atoms with E-state index in [0.29, 0.717) is 12.1 Å². The van der Waals surface area contributed by atoms with Crippen LogP contribution in [0.1, 0.15) is 12.0 Å². The van der Waals surface area contributed by atoms with Crippen molar-refractivity contribution < 1.29 is 28.0 Å². The van der Waals surface area contributed by atoms with Crippen LogP contribution < -0.4 is 0 Å². The number of halogens is 3. The lowest BCUT2D eigenvalue weighted by atomic mass is 9.93. The van der Waals surface area contributed by atoms with E-state index in [1.807, 2.05) is 0 Å². The molecule has 2 rings (SSSR count). The Morgan fingerprint density at radius 1 is 1.44 bits per heavy atom. The van der Waals surface area contributed by atoms with Crippen LogP contribution in [0.2, 0.25) is 0 Å². The Morgan fingerprint density at radius 3 is 2.39 bits per heavy atom. The zero-order chi connectivity index (χ0) is 13.7. The number of carboxylic acid groups (broad SMARTS) is 1. The lowest BCUT2D eigenvalue weighted by Crippen LogP contribution is -2.28. The van der Waals surface area contributed by atoms with Gasteiger partial charge < -0.3 is 5.11 Å². The van der Waals surface area contributed by atoms with E-state index in [0.717, 1.165) is 6.07 Å². The van der Waals surface area contributed by atoms with Crippen molar-refractivity contribution in [3.8, 4) is 0 Å². The molecule has 1 unspecified atom stereocenters. The van der Waals surface area contributed by atoms with Crippen molar-refractivity contribution in [2.24, 2.45) is 0 Å². The standard InChI is InChI=1S/C10H6F3NO4/c11-5-1-2-7(14(17)18)6(3-5)9(8(15)16)4-10(9,12)13/h1-3H,4H2,(H,15,16). The summed E-state index contributed by atoms with van der Waals surface area (Å²) in [7, 11) is 0. The van der Waals surface area contributed by atoms with Crippen molar-refractivity contribution in [1.82, 2.24) is 0 Å². The largest absolute Gasteiger partial charge is 0.480 e. The first-order valence-corrected chi connectivity index (χ1v) is 4.78. The molecule has 1 aliphatic rings. The van der Waals surface area contributed by atoms with Crippen molar-refractivity contribution in [3.05, 3.63) is 39.7 Å². The van der Waals surface area contributed by atoms with E-state index in [9.17, 15) is 28.1 Å². The molecule has 96 valence electrons. The van der Waals surface area contributed by atoms with E-state index in [2.05, 4.69) is 0 Å². The zero-order valence-electron chi connectivity index (χ0n) is 8.69. The van der Waals surface area contributed by atoms with E-state index >= 15 is 0 Å². The second-order valence-corrected chi connectivity index (χ2v) is 4.01. The maximum atomic E-state index is 13.2. The monoisotopic (exact) mass is 261 g/mol. The molecule has 18 heavy (non-hydrogen) atoms.